The number of fused-ring (bicyclic) bond motifs is 1. The van der Waals surface area contributed by atoms with Gasteiger partial charge in [0, 0.05) is 12.5 Å². The maximum Gasteiger partial charge on any atom is 0.407 e. The van der Waals surface area contributed by atoms with Gasteiger partial charge in [-0.05, 0) is 48.7 Å². The Morgan fingerprint density at radius 3 is 2.50 bits per heavy atom. The summed E-state index contributed by atoms with van der Waals surface area (Å²) in [6, 6.07) is 0. The van der Waals surface area contributed by atoms with Crippen molar-refractivity contribution in [3.63, 3.8) is 0 Å². The summed E-state index contributed by atoms with van der Waals surface area (Å²) in [4.78, 5) is 26.4. The van der Waals surface area contributed by atoms with Gasteiger partial charge in [-0.25, -0.2) is 4.79 Å². The molecule has 0 aliphatic heterocycles. The molecular formula is C23H35NO6. The van der Waals surface area contributed by atoms with Crippen LogP contribution in [0.1, 0.15) is 48.0 Å². The number of ketones is 1. The second kappa shape index (κ2) is 7.46. The Morgan fingerprint density at radius 1 is 1.30 bits per heavy atom. The number of amides is 1. The van der Waals surface area contributed by atoms with Crippen LogP contribution in [-0.2, 0) is 9.53 Å². The van der Waals surface area contributed by atoms with Gasteiger partial charge in [-0.2, -0.15) is 0 Å². The van der Waals surface area contributed by atoms with Crippen molar-refractivity contribution < 1.29 is 29.6 Å². The number of ether oxygens (including phenoxy) is 1. The van der Waals surface area contributed by atoms with E-state index in [9.17, 15) is 24.9 Å². The number of nitrogens with one attached hydrogen (secondary N) is 1. The second-order valence-corrected chi connectivity index (χ2v) is 9.90. The highest BCUT2D eigenvalue weighted by Crippen LogP contribution is 2.62. The summed E-state index contributed by atoms with van der Waals surface area (Å²) in [6.07, 6.45) is 0.496. The molecule has 7 atom stereocenters. The van der Waals surface area contributed by atoms with Gasteiger partial charge in [0.25, 0.3) is 0 Å². The molecule has 0 radical (unpaired) electrons. The molecule has 3 rings (SSSR count). The number of hydrogen-bond acceptors (Lipinski definition) is 6. The Bertz CT molecular complexity index is 802. The van der Waals surface area contributed by atoms with E-state index in [-0.39, 0.29) is 23.2 Å². The molecule has 30 heavy (non-hydrogen) atoms. The largest absolute Gasteiger partial charge is 0.438 e. The first-order valence-electron chi connectivity index (χ1n) is 10.8. The Labute approximate surface area is 178 Å². The zero-order valence-corrected chi connectivity index (χ0v) is 18.7. The Morgan fingerprint density at radius 2 is 1.93 bits per heavy atom. The molecule has 0 aromatic heterocycles. The van der Waals surface area contributed by atoms with E-state index in [1.807, 2.05) is 20.8 Å². The fourth-order valence-electron chi connectivity index (χ4n) is 5.95. The first-order chi connectivity index (χ1) is 13.9. The van der Waals surface area contributed by atoms with E-state index < -0.39 is 47.3 Å². The Hall–Kier alpha value is -1.70. The molecule has 0 saturated heterocycles. The van der Waals surface area contributed by atoms with Crippen LogP contribution < -0.4 is 5.32 Å². The minimum Gasteiger partial charge on any atom is -0.438 e. The third kappa shape index (κ3) is 2.82. The van der Waals surface area contributed by atoms with Crippen molar-refractivity contribution in [3.05, 3.63) is 23.3 Å². The fraction of sp³-hybridized carbons (Fsp3) is 0.739. The van der Waals surface area contributed by atoms with Crippen LogP contribution >= 0.6 is 0 Å². The molecule has 3 aliphatic carbocycles. The van der Waals surface area contributed by atoms with E-state index in [4.69, 9.17) is 4.74 Å². The second-order valence-electron chi connectivity index (χ2n) is 9.90. The number of carbonyl (C=O) groups excluding carboxylic acids is 2. The van der Waals surface area contributed by atoms with Gasteiger partial charge in [-0.1, -0.05) is 39.8 Å². The van der Waals surface area contributed by atoms with Crippen molar-refractivity contribution in [2.45, 2.75) is 65.8 Å². The average molecular weight is 422 g/mol. The van der Waals surface area contributed by atoms with Gasteiger partial charge in [0.05, 0.1) is 12.0 Å². The minimum atomic E-state index is -2.11. The zero-order valence-electron chi connectivity index (χ0n) is 18.7. The standard InChI is InChI=1S/C23H35NO6/c1-7-24-20(28)30-19-12(2)10-22-14(4)8-13(3)21(5,6)16(18(22)27)9-15(11-25)17(26)23(19,22)29/h9-10,13-14,16-17,19,25-26,29H,7-8,11H2,1-6H3,(H,24,28)/t13-,14+,16+,17+,19-,22-,23-/m0/s1. The van der Waals surface area contributed by atoms with Gasteiger partial charge in [-0.15, -0.1) is 0 Å². The maximum absolute atomic E-state index is 14.1. The predicted octanol–water partition coefficient (Wildman–Crippen LogP) is 1.96. The van der Waals surface area contributed by atoms with Crippen molar-refractivity contribution in [2.24, 2.45) is 28.6 Å². The minimum absolute atomic E-state index is 0.147. The van der Waals surface area contributed by atoms with E-state index in [0.29, 0.717) is 18.5 Å². The number of carbonyl (C=O) groups is 2. The maximum atomic E-state index is 14.1. The number of allylic oxidation sites excluding steroid dienone is 1. The number of hydrogen-bond donors (Lipinski definition) is 4. The average Bonchev–Trinajstić information content (AvgIpc) is 2.84. The molecule has 2 bridgehead atoms. The van der Waals surface area contributed by atoms with Crippen LogP contribution in [0, 0.1) is 28.6 Å². The van der Waals surface area contributed by atoms with Crippen LogP contribution in [-0.4, -0.2) is 58.2 Å². The first-order valence-corrected chi connectivity index (χ1v) is 10.8. The number of rotatable bonds is 3. The smallest absolute Gasteiger partial charge is 0.407 e. The molecule has 1 spiro atoms. The molecule has 0 unspecified atom stereocenters. The molecule has 7 nitrogen and oxygen atoms in total. The number of aliphatic hydroxyl groups is 3. The normalized spacial score (nSPS) is 42.4. The number of aliphatic hydroxyl groups excluding tert-OH is 2. The van der Waals surface area contributed by atoms with Gasteiger partial charge in [0.2, 0.25) is 0 Å². The van der Waals surface area contributed by atoms with Crippen LogP contribution in [0.5, 0.6) is 0 Å². The monoisotopic (exact) mass is 421 g/mol. The Kier molecular flexibility index (Phi) is 5.72. The van der Waals surface area contributed by atoms with Crippen molar-refractivity contribution >= 4 is 11.9 Å². The summed E-state index contributed by atoms with van der Waals surface area (Å²) in [5, 5.41) is 36.1. The molecule has 1 fully saturated rings. The van der Waals surface area contributed by atoms with Gasteiger partial charge < -0.3 is 25.4 Å². The van der Waals surface area contributed by atoms with Gasteiger partial charge in [0.15, 0.2) is 17.5 Å². The summed E-state index contributed by atoms with van der Waals surface area (Å²) in [7, 11) is 0. The molecule has 168 valence electrons. The summed E-state index contributed by atoms with van der Waals surface area (Å²) < 4.78 is 5.57. The van der Waals surface area contributed by atoms with Crippen LogP contribution in [0.2, 0.25) is 0 Å². The van der Waals surface area contributed by atoms with Gasteiger partial charge in [0.1, 0.15) is 6.10 Å². The van der Waals surface area contributed by atoms with Crippen molar-refractivity contribution in [2.75, 3.05) is 13.2 Å². The van der Waals surface area contributed by atoms with Gasteiger partial charge >= 0.3 is 6.09 Å². The molecule has 3 aliphatic rings. The topological polar surface area (TPSA) is 116 Å². The molecule has 4 N–H and O–H groups in total. The molecule has 7 heteroatoms. The van der Waals surface area contributed by atoms with Crippen LogP contribution in [0.15, 0.2) is 23.3 Å². The third-order valence-electron chi connectivity index (χ3n) is 8.06. The molecular weight excluding hydrogens is 386 g/mol. The van der Waals surface area contributed by atoms with Crippen molar-refractivity contribution in [1.29, 1.82) is 0 Å². The number of alkyl carbamates (subject to hydrolysis) is 1. The number of Topliss-reactive ketones (excluding diaryl/α,β-unsaturated/α-hetero) is 1. The molecule has 1 saturated carbocycles. The highest BCUT2D eigenvalue weighted by atomic mass is 16.6. The van der Waals surface area contributed by atoms with Crippen molar-refractivity contribution in [3.8, 4) is 0 Å². The highest BCUT2D eigenvalue weighted by molar-refractivity contribution is 5.95. The highest BCUT2D eigenvalue weighted by Gasteiger charge is 2.73. The molecule has 0 heterocycles. The molecule has 1 amide bonds. The van der Waals surface area contributed by atoms with Crippen molar-refractivity contribution in [1.82, 2.24) is 5.32 Å². The van der Waals surface area contributed by atoms with Crippen LogP contribution in [0.4, 0.5) is 4.79 Å². The Balaban J connectivity index is 2.28. The lowest BCUT2D eigenvalue weighted by molar-refractivity contribution is -0.189. The summed E-state index contributed by atoms with van der Waals surface area (Å²) >= 11 is 0. The SMILES string of the molecule is CCNC(=O)O[C@H]1C(C)=C[C@]23C(=O)[C@@H](C=C(CO)[C@@H](O)[C@]12O)C(C)(C)[C@@H](C)C[C@H]3C. The van der Waals surface area contributed by atoms with E-state index in [1.54, 1.807) is 26.0 Å². The quantitative estimate of drug-likeness (QED) is 0.518. The predicted molar refractivity (Wildman–Crippen MR) is 111 cm³/mol. The van der Waals surface area contributed by atoms with E-state index in [1.165, 1.54) is 0 Å². The zero-order chi connectivity index (χ0) is 22.6. The summed E-state index contributed by atoms with van der Waals surface area (Å²) in [6.45, 7) is 11.3. The first kappa shape index (κ1) is 23.0. The van der Waals surface area contributed by atoms with E-state index in [0.717, 1.165) is 0 Å². The van der Waals surface area contributed by atoms with E-state index >= 15 is 0 Å². The van der Waals surface area contributed by atoms with Crippen LogP contribution in [0.3, 0.4) is 0 Å². The molecule has 0 aromatic rings. The lowest BCUT2D eigenvalue weighted by Gasteiger charge is -2.48. The fourth-order valence-corrected chi connectivity index (χ4v) is 5.95. The van der Waals surface area contributed by atoms with Crippen LogP contribution in [0.25, 0.3) is 0 Å². The lowest BCUT2D eigenvalue weighted by Crippen LogP contribution is -2.66. The summed E-state index contributed by atoms with van der Waals surface area (Å²) in [5.74, 6) is -0.965. The summed E-state index contributed by atoms with van der Waals surface area (Å²) in [5.41, 5.74) is -3.29. The third-order valence-corrected chi connectivity index (χ3v) is 8.06. The van der Waals surface area contributed by atoms with E-state index in [2.05, 4.69) is 12.2 Å². The lowest BCUT2D eigenvalue weighted by atomic mass is 9.59. The van der Waals surface area contributed by atoms with Gasteiger partial charge in [-0.3, -0.25) is 4.79 Å². The molecule has 0 aromatic carbocycles.